The molecule has 0 unspecified atom stereocenters. The molecule has 3 atom stereocenters. The Kier molecular flexibility index (Phi) is 7.61. The summed E-state index contributed by atoms with van der Waals surface area (Å²) >= 11 is 0. The summed E-state index contributed by atoms with van der Waals surface area (Å²) in [6.45, 7) is 3.52. The maximum Gasteiger partial charge on any atom is 0.416 e. The number of carbonyl (C=O) groups is 2. The number of rotatable bonds is 5. The first-order chi connectivity index (χ1) is 14.2. The lowest BCUT2D eigenvalue weighted by molar-refractivity contribution is -0.143. The van der Waals surface area contributed by atoms with Crippen LogP contribution in [0, 0.1) is 5.92 Å². The third-order valence-electron chi connectivity index (χ3n) is 5.28. The van der Waals surface area contributed by atoms with Gasteiger partial charge in [-0.1, -0.05) is 26.7 Å². The lowest BCUT2D eigenvalue weighted by atomic mass is 9.89. The van der Waals surface area contributed by atoms with E-state index < -0.39 is 59.0 Å². The first-order valence-electron chi connectivity index (χ1n) is 9.86. The Morgan fingerprint density at radius 1 is 0.903 bits per heavy atom. The highest BCUT2D eigenvalue weighted by Crippen LogP contribution is 2.36. The zero-order valence-electron chi connectivity index (χ0n) is 17.0. The van der Waals surface area contributed by atoms with Gasteiger partial charge in [0.2, 0.25) is 5.91 Å². The predicted molar refractivity (Wildman–Crippen MR) is 101 cm³/mol. The highest BCUT2D eigenvalue weighted by molar-refractivity contribution is 5.95. The van der Waals surface area contributed by atoms with Crippen LogP contribution < -0.4 is 16.4 Å². The molecule has 0 spiro atoms. The van der Waals surface area contributed by atoms with Gasteiger partial charge in [0.25, 0.3) is 5.91 Å². The minimum absolute atomic E-state index is 0.0340. The molecule has 174 valence electrons. The SMILES string of the molecule is CC(C)[C@@H](N)C(=O)N[C@@H]1CCCC[C@H]1NC(=O)c1cc(C(F)(F)F)cc(C(F)(F)F)c1. The summed E-state index contributed by atoms with van der Waals surface area (Å²) in [7, 11) is 0. The average molecular weight is 453 g/mol. The first-order valence-corrected chi connectivity index (χ1v) is 9.86. The Bertz CT molecular complexity index is 775. The van der Waals surface area contributed by atoms with Gasteiger partial charge in [0, 0.05) is 17.6 Å². The fourth-order valence-electron chi connectivity index (χ4n) is 3.40. The number of hydrogen-bond acceptors (Lipinski definition) is 3. The van der Waals surface area contributed by atoms with E-state index in [0.717, 1.165) is 6.42 Å². The molecule has 2 amide bonds. The summed E-state index contributed by atoms with van der Waals surface area (Å²) in [5.74, 6) is -1.64. The van der Waals surface area contributed by atoms with Gasteiger partial charge < -0.3 is 16.4 Å². The molecule has 1 fully saturated rings. The van der Waals surface area contributed by atoms with Gasteiger partial charge in [-0.25, -0.2) is 0 Å². The number of halogens is 6. The van der Waals surface area contributed by atoms with Gasteiger partial charge >= 0.3 is 12.4 Å². The van der Waals surface area contributed by atoms with Crippen molar-refractivity contribution in [3.63, 3.8) is 0 Å². The van der Waals surface area contributed by atoms with Crippen molar-refractivity contribution in [3.05, 3.63) is 34.9 Å². The van der Waals surface area contributed by atoms with E-state index in [2.05, 4.69) is 10.6 Å². The largest absolute Gasteiger partial charge is 0.416 e. The Labute approximate surface area is 175 Å². The van der Waals surface area contributed by atoms with Crippen LogP contribution in [0.15, 0.2) is 18.2 Å². The number of nitrogens with one attached hydrogen (secondary N) is 2. The molecule has 0 aromatic heterocycles. The topological polar surface area (TPSA) is 84.2 Å². The molecule has 0 radical (unpaired) electrons. The van der Waals surface area contributed by atoms with Gasteiger partial charge in [-0.05, 0) is 37.0 Å². The van der Waals surface area contributed by atoms with Gasteiger partial charge in [-0.2, -0.15) is 26.3 Å². The molecular formula is C20H25F6N3O2. The van der Waals surface area contributed by atoms with Gasteiger partial charge in [0.1, 0.15) is 0 Å². The fourth-order valence-corrected chi connectivity index (χ4v) is 3.40. The smallest absolute Gasteiger partial charge is 0.350 e. The van der Waals surface area contributed by atoms with Crippen LogP contribution in [0.3, 0.4) is 0 Å². The van der Waals surface area contributed by atoms with Gasteiger partial charge in [0.05, 0.1) is 17.2 Å². The summed E-state index contributed by atoms with van der Waals surface area (Å²) < 4.78 is 78.3. The van der Waals surface area contributed by atoms with E-state index in [1.807, 2.05) is 0 Å². The second kappa shape index (κ2) is 9.46. The van der Waals surface area contributed by atoms with Crippen molar-refractivity contribution in [1.82, 2.24) is 10.6 Å². The Hall–Kier alpha value is -2.30. The standard InChI is InChI=1S/C20H25F6N3O2/c1-10(2)16(27)18(31)29-15-6-4-3-5-14(15)28-17(30)11-7-12(19(21,22)23)9-13(8-11)20(24,25)26/h7-10,14-16H,3-6,27H2,1-2H3,(H,28,30)(H,29,31)/t14-,15-,16-/m1/s1. The second-order valence-electron chi connectivity index (χ2n) is 8.04. The number of carbonyl (C=O) groups excluding carboxylic acids is 2. The number of alkyl halides is 6. The summed E-state index contributed by atoms with van der Waals surface area (Å²) in [5, 5.41) is 5.23. The molecule has 0 bridgehead atoms. The molecule has 31 heavy (non-hydrogen) atoms. The van der Waals surface area contributed by atoms with Crippen molar-refractivity contribution in [2.75, 3.05) is 0 Å². The van der Waals surface area contributed by atoms with E-state index in [1.54, 1.807) is 13.8 Å². The maximum atomic E-state index is 13.0. The molecule has 1 aromatic rings. The lowest BCUT2D eigenvalue weighted by Gasteiger charge is -2.34. The van der Waals surface area contributed by atoms with Crippen LogP contribution in [-0.2, 0) is 17.1 Å². The normalized spacial score (nSPS) is 21.0. The van der Waals surface area contributed by atoms with Gasteiger partial charge in [0.15, 0.2) is 0 Å². The molecule has 5 nitrogen and oxygen atoms in total. The molecule has 11 heteroatoms. The Balaban J connectivity index is 2.24. The summed E-state index contributed by atoms with van der Waals surface area (Å²) in [5.41, 5.74) is 1.93. The highest BCUT2D eigenvalue weighted by atomic mass is 19.4. The van der Waals surface area contributed by atoms with Crippen molar-refractivity contribution < 1.29 is 35.9 Å². The summed E-state index contributed by atoms with van der Waals surface area (Å²) in [4.78, 5) is 24.8. The van der Waals surface area contributed by atoms with E-state index in [9.17, 15) is 35.9 Å². The minimum Gasteiger partial charge on any atom is -0.350 e. The minimum atomic E-state index is -5.05. The Morgan fingerprint density at radius 3 is 1.77 bits per heavy atom. The number of nitrogens with two attached hydrogens (primary N) is 1. The van der Waals surface area contributed by atoms with Crippen LogP contribution in [0.5, 0.6) is 0 Å². The number of benzene rings is 1. The maximum absolute atomic E-state index is 13.0. The lowest BCUT2D eigenvalue weighted by Crippen LogP contribution is -2.56. The second-order valence-corrected chi connectivity index (χ2v) is 8.04. The van der Waals surface area contributed by atoms with Gasteiger partial charge in [-0.15, -0.1) is 0 Å². The molecule has 0 saturated heterocycles. The quantitative estimate of drug-likeness (QED) is 0.592. The van der Waals surface area contributed by atoms with Crippen LogP contribution in [0.1, 0.15) is 61.0 Å². The number of hydrogen-bond donors (Lipinski definition) is 3. The van der Waals surface area contributed by atoms with Gasteiger partial charge in [-0.3, -0.25) is 9.59 Å². The molecule has 1 saturated carbocycles. The van der Waals surface area contributed by atoms with Crippen LogP contribution in [0.2, 0.25) is 0 Å². The molecular weight excluding hydrogens is 428 g/mol. The van der Waals surface area contributed by atoms with E-state index >= 15 is 0 Å². The third-order valence-corrected chi connectivity index (χ3v) is 5.28. The van der Waals surface area contributed by atoms with Crippen LogP contribution in [-0.4, -0.2) is 29.9 Å². The highest BCUT2D eigenvalue weighted by Gasteiger charge is 2.38. The third kappa shape index (κ3) is 6.59. The zero-order chi connectivity index (χ0) is 23.6. The zero-order valence-corrected chi connectivity index (χ0v) is 17.0. The van der Waals surface area contributed by atoms with E-state index in [1.165, 1.54) is 0 Å². The number of amides is 2. The molecule has 1 aromatic carbocycles. The van der Waals surface area contributed by atoms with E-state index in [0.29, 0.717) is 31.4 Å². The summed E-state index contributed by atoms with van der Waals surface area (Å²) in [6, 6.07) is -1.22. The van der Waals surface area contributed by atoms with Crippen molar-refractivity contribution in [3.8, 4) is 0 Å². The molecule has 4 N–H and O–H groups in total. The fraction of sp³-hybridized carbons (Fsp3) is 0.600. The van der Waals surface area contributed by atoms with Crippen LogP contribution in [0.25, 0.3) is 0 Å². The van der Waals surface area contributed by atoms with Crippen molar-refractivity contribution in [2.45, 2.75) is 70.0 Å². The molecule has 1 aliphatic rings. The molecule has 0 aliphatic heterocycles. The van der Waals surface area contributed by atoms with Crippen LogP contribution in [0.4, 0.5) is 26.3 Å². The molecule has 2 rings (SSSR count). The van der Waals surface area contributed by atoms with E-state index in [-0.39, 0.29) is 12.0 Å². The first kappa shape index (κ1) is 25.0. The Morgan fingerprint density at radius 2 is 1.35 bits per heavy atom. The molecule has 1 aliphatic carbocycles. The average Bonchev–Trinajstić information content (AvgIpc) is 2.66. The monoisotopic (exact) mass is 453 g/mol. The van der Waals surface area contributed by atoms with Crippen molar-refractivity contribution in [2.24, 2.45) is 11.7 Å². The van der Waals surface area contributed by atoms with Crippen molar-refractivity contribution in [1.29, 1.82) is 0 Å². The molecule has 0 heterocycles. The van der Waals surface area contributed by atoms with Crippen LogP contribution >= 0.6 is 0 Å². The summed E-state index contributed by atoms with van der Waals surface area (Å²) in [6.07, 6.45) is -7.76. The van der Waals surface area contributed by atoms with Crippen molar-refractivity contribution >= 4 is 11.8 Å². The van der Waals surface area contributed by atoms with E-state index in [4.69, 9.17) is 5.73 Å². The predicted octanol–water partition coefficient (Wildman–Crippen LogP) is 3.86.